The van der Waals surface area contributed by atoms with Crippen molar-refractivity contribution in [2.24, 2.45) is 0 Å². The summed E-state index contributed by atoms with van der Waals surface area (Å²) in [5.74, 6) is 1.86. The fraction of sp³-hybridized carbons (Fsp3) is 0.417. The van der Waals surface area contributed by atoms with Crippen LogP contribution in [-0.4, -0.2) is 19.9 Å². The Bertz CT molecular complexity index is 545. The molecule has 0 aliphatic rings. The molecule has 2 aromatic rings. The summed E-state index contributed by atoms with van der Waals surface area (Å²) in [6, 6.07) is 0. The monoisotopic (exact) mass is 250 g/mol. The second-order valence-corrected chi connectivity index (χ2v) is 4.78. The highest BCUT2D eigenvalue weighted by molar-refractivity contribution is 6.30. The molecule has 0 radical (unpaired) electrons. The summed E-state index contributed by atoms with van der Waals surface area (Å²) >= 11 is 6.00. The van der Waals surface area contributed by atoms with Crippen molar-refractivity contribution in [3.8, 4) is 11.5 Å². The quantitative estimate of drug-likeness (QED) is 0.833. The van der Waals surface area contributed by atoms with Crippen LogP contribution in [0.25, 0.3) is 11.5 Å². The second-order valence-electron chi connectivity index (χ2n) is 4.42. The van der Waals surface area contributed by atoms with E-state index in [2.05, 4.69) is 33.8 Å². The number of halogens is 1. The number of H-pyrrole nitrogens is 1. The zero-order valence-electron chi connectivity index (χ0n) is 10.4. The van der Waals surface area contributed by atoms with Crippen molar-refractivity contribution in [1.82, 2.24) is 19.9 Å². The molecule has 0 aliphatic heterocycles. The number of nitrogens with one attached hydrogen (secondary N) is 1. The van der Waals surface area contributed by atoms with Crippen molar-refractivity contribution in [1.29, 1.82) is 0 Å². The van der Waals surface area contributed by atoms with Crippen LogP contribution in [0.3, 0.4) is 0 Å². The van der Waals surface area contributed by atoms with Gasteiger partial charge in [-0.3, -0.25) is 0 Å². The Kier molecular flexibility index (Phi) is 3.15. The Morgan fingerprint density at radius 1 is 1.24 bits per heavy atom. The lowest BCUT2D eigenvalue weighted by Crippen LogP contribution is -1.94. The Labute approximate surface area is 105 Å². The molecule has 0 amide bonds. The smallest absolute Gasteiger partial charge is 0.181 e. The molecule has 0 spiro atoms. The molecule has 5 heteroatoms. The average molecular weight is 251 g/mol. The van der Waals surface area contributed by atoms with E-state index in [0.29, 0.717) is 16.9 Å². The highest BCUT2D eigenvalue weighted by atomic mass is 35.5. The van der Waals surface area contributed by atoms with Gasteiger partial charge in [0.25, 0.3) is 0 Å². The van der Waals surface area contributed by atoms with Gasteiger partial charge >= 0.3 is 0 Å². The van der Waals surface area contributed by atoms with E-state index >= 15 is 0 Å². The molecule has 0 fully saturated rings. The van der Waals surface area contributed by atoms with Crippen LogP contribution in [0.15, 0.2) is 6.20 Å². The molecule has 2 aromatic heterocycles. The van der Waals surface area contributed by atoms with Crippen LogP contribution in [0.2, 0.25) is 5.15 Å². The maximum Gasteiger partial charge on any atom is 0.181 e. The predicted molar refractivity (Wildman–Crippen MR) is 68.2 cm³/mol. The highest BCUT2D eigenvalue weighted by Crippen LogP contribution is 2.22. The first kappa shape index (κ1) is 12.0. The summed E-state index contributed by atoms with van der Waals surface area (Å²) in [5.41, 5.74) is 2.61. The molecule has 2 heterocycles. The van der Waals surface area contributed by atoms with Crippen LogP contribution in [0.1, 0.15) is 36.8 Å². The third kappa shape index (κ3) is 2.31. The van der Waals surface area contributed by atoms with Gasteiger partial charge in [-0.1, -0.05) is 25.4 Å². The molecule has 1 N–H and O–H groups in total. The molecule has 17 heavy (non-hydrogen) atoms. The lowest BCUT2D eigenvalue weighted by molar-refractivity contribution is 0.792. The summed E-state index contributed by atoms with van der Waals surface area (Å²) in [5, 5.41) is 0.475. The minimum absolute atomic E-state index is 0.350. The van der Waals surface area contributed by atoms with Crippen LogP contribution < -0.4 is 0 Å². The summed E-state index contributed by atoms with van der Waals surface area (Å²) in [7, 11) is 0. The first-order chi connectivity index (χ1) is 7.99. The summed E-state index contributed by atoms with van der Waals surface area (Å²) in [6.45, 7) is 8.02. The van der Waals surface area contributed by atoms with Gasteiger partial charge in [0.05, 0.1) is 0 Å². The van der Waals surface area contributed by atoms with Gasteiger partial charge in [0.15, 0.2) is 5.82 Å². The predicted octanol–water partition coefficient (Wildman–Crippen LogP) is 3.26. The number of hydrogen-bond donors (Lipinski definition) is 1. The van der Waals surface area contributed by atoms with Crippen LogP contribution in [0.4, 0.5) is 0 Å². The van der Waals surface area contributed by atoms with E-state index in [1.54, 1.807) is 6.20 Å². The normalized spacial score (nSPS) is 11.2. The average Bonchev–Trinajstić information content (AvgIpc) is 2.65. The number of imidazole rings is 1. The molecule has 0 bridgehead atoms. The maximum atomic E-state index is 6.00. The fourth-order valence-corrected chi connectivity index (χ4v) is 1.64. The van der Waals surface area contributed by atoms with Crippen molar-refractivity contribution >= 4 is 11.6 Å². The molecule has 0 aliphatic carbocycles. The zero-order chi connectivity index (χ0) is 12.6. The number of aryl methyl sites for hydroxylation is 2. The topological polar surface area (TPSA) is 54.5 Å². The molecule has 0 saturated carbocycles. The summed E-state index contributed by atoms with van der Waals surface area (Å²) in [6.07, 6.45) is 1.72. The summed E-state index contributed by atoms with van der Waals surface area (Å²) in [4.78, 5) is 16.3. The van der Waals surface area contributed by atoms with Gasteiger partial charge in [-0.2, -0.15) is 0 Å². The van der Waals surface area contributed by atoms with E-state index in [-0.39, 0.29) is 0 Å². The first-order valence-electron chi connectivity index (χ1n) is 5.55. The molecule has 4 nitrogen and oxygen atoms in total. The number of aromatic nitrogens is 4. The van der Waals surface area contributed by atoms with Crippen molar-refractivity contribution in [2.75, 3.05) is 0 Å². The molecular weight excluding hydrogens is 236 g/mol. The Morgan fingerprint density at radius 3 is 2.47 bits per heavy atom. The Hall–Kier alpha value is -1.42. The minimum atomic E-state index is 0.350. The van der Waals surface area contributed by atoms with Crippen LogP contribution in [-0.2, 0) is 0 Å². The van der Waals surface area contributed by atoms with Gasteiger partial charge < -0.3 is 4.98 Å². The van der Waals surface area contributed by atoms with Gasteiger partial charge in [-0.15, -0.1) is 0 Å². The van der Waals surface area contributed by atoms with Crippen LogP contribution in [0.5, 0.6) is 0 Å². The number of nitrogens with zero attached hydrogens (tertiary/aromatic N) is 3. The molecule has 2 rings (SSSR count). The van der Waals surface area contributed by atoms with E-state index in [9.17, 15) is 0 Å². The number of rotatable bonds is 2. The lowest BCUT2D eigenvalue weighted by atomic mass is 10.2. The SMILES string of the molecule is Cc1cnc(-c2nc(C(C)C)[nH]c2C)nc1Cl. The maximum absolute atomic E-state index is 6.00. The van der Waals surface area contributed by atoms with Gasteiger partial charge in [0.2, 0.25) is 0 Å². The minimum Gasteiger partial charge on any atom is -0.345 e. The molecule has 0 saturated heterocycles. The van der Waals surface area contributed by atoms with E-state index < -0.39 is 0 Å². The Balaban J connectivity index is 2.49. The van der Waals surface area contributed by atoms with E-state index in [1.807, 2.05) is 13.8 Å². The first-order valence-corrected chi connectivity index (χ1v) is 5.93. The van der Waals surface area contributed by atoms with Crippen molar-refractivity contribution < 1.29 is 0 Å². The molecule has 0 unspecified atom stereocenters. The Morgan fingerprint density at radius 2 is 1.94 bits per heavy atom. The summed E-state index contributed by atoms with van der Waals surface area (Å²) < 4.78 is 0. The van der Waals surface area contributed by atoms with Gasteiger partial charge in [-0.25, -0.2) is 15.0 Å². The van der Waals surface area contributed by atoms with Crippen molar-refractivity contribution in [3.63, 3.8) is 0 Å². The fourth-order valence-electron chi connectivity index (χ4n) is 1.51. The highest BCUT2D eigenvalue weighted by Gasteiger charge is 2.14. The van der Waals surface area contributed by atoms with E-state index in [0.717, 1.165) is 22.8 Å². The standard InChI is InChI=1S/C12H15ClN4/c1-6(2)11-15-8(4)9(16-11)12-14-5-7(3)10(13)17-12/h5-6H,1-4H3,(H,15,16). The molecular formula is C12H15ClN4. The lowest BCUT2D eigenvalue weighted by Gasteiger charge is -2.00. The largest absolute Gasteiger partial charge is 0.345 e. The molecule has 0 aromatic carbocycles. The van der Waals surface area contributed by atoms with E-state index in [4.69, 9.17) is 11.6 Å². The van der Waals surface area contributed by atoms with E-state index in [1.165, 1.54) is 0 Å². The number of aromatic amines is 1. The van der Waals surface area contributed by atoms with Crippen LogP contribution >= 0.6 is 11.6 Å². The molecule has 90 valence electrons. The third-order valence-electron chi connectivity index (χ3n) is 2.57. The second kappa shape index (κ2) is 4.45. The van der Waals surface area contributed by atoms with Gasteiger partial charge in [0.1, 0.15) is 16.7 Å². The van der Waals surface area contributed by atoms with Gasteiger partial charge in [-0.05, 0) is 13.8 Å². The van der Waals surface area contributed by atoms with Crippen molar-refractivity contribution in [2.45, 2.75) is 33.6 Å². The molecule has 0 atom stereocenters. The van der Waals surface area contributed by atoms with Gasteiger partial charge in [0, 0.05) is 23.4 Å². The number of hydrogen-bond acceptors (Lipinski definition) is 3. The zero-order valence-corrected chi connectivity index (χ0v) is 11.1. The third-order valence-corrected chi connectivity index (χ3v) is 2.95. The van der Waals surface area contributed by atoms with Crippen molar-refractivity contribution in [3.05, 3.63) is 28.4 Å². The van der Waals surface area contributed by atoms with Crippen LogP contribution in [0, 0.1) is 13.8 Å².